The molecule has 1 unspecified atom stereocenters. The van der Waals surface area contributed by atoms with Gasteiger partial charge >= 0.3 is 0 Å². The van der Waals surface area contributed by atoms with E-state index in [4.69, 9.17) is 0 Å². The molecule has 0 radical (unpaired) electrons. The summed E-state index contributed by atoms with van der Waals surface area (Å²) in [5.41, 5.74) is 1.19. The van der Waals surface area contributed by atoms with Crippen LogP contribution in [-0.2, 0) is 10.0 Å². The molecule has 0 aromatic heterocycles. The van der Waals surface area contributed by atoms with Crippen molar-refractivity contribution in [2.75, 3.05) is 7.05 Å². The third-order valence-electron chi connectivity index (χ3n) is 4.06. The van der Waals surface area contributed by atoms with Crippen molar-refractivity contribution in [1.29, 1.82) is 0 Å². The largest absolute Gasteiger partial charge is 0.335 e. The lowest BCUT2D eigenvalue weighted by Gasteiger charge is -2.25. The van der Waals surface area contributed by atoms with Crippen molar-refractivity contribution in [2.45, 2.75) is 37.8 Å². The number of halogens is 1. The predicted molar refractivity (Wildman–Crippen MR) is 98.8 cm³/mol. The molecule has 0 saturated heterocycles. The topological polar surface area (TPSA) is 66.5 Å². The Labute approximate surface area is 153 Å². The Morgan fingerprint density at radius 1 is 1.00 bits per heavy atom. The number of hydrogen-bond donors (Lipinski definition) is 1. The number of nitrogens with one attached hydrogen (secondary N) is 1. The molecule has 0 aliphatic carbocycles. The second-order valence-electron chi connectivity index (χ2n) is 6.44. The van der Waals surface area contributed by atoms with Crippen molar-refractivity contribution >= 4 is 15.9 Å². The van der Waals surface area contributed by atoms with E-state index in [2.05, 4.69) is 4.72 Å². The van der Waals surface area contributed by atoms with Gasteiger partial charge in [-0.1, -0.05) is 12.1 Å². The molecule has 2 rings (SSSR count). The molecule has 0 fully saturated rings. The first-order valence-electron chi connectivity index (χ1n) is 8.27. The maximum atomic E-state index is 13.1. The van der Waals surface area contributed by atoms with Crippen molar-refractivity contribution in [1.82, 2.24) is 9.62 Å². The summed E-state index contributed by atoms with van der Waals surface area (Å²) in [7, 11) is -1.94. The third kappa shape index (κ3) is 4.68. The first-order chi connectivity index (χ1) is 12.1. The normalized spacial score (nSPS) is 12.8. The summed E-state index contributed by atoms with van der Waals surface area (Å²) < 4.78 is 39.8. The van der Waals surface area contributed by atoms with Crippen molar-refractivity contribution < 1.29 is 17.6 Å². The molecule has 1 amide bonds. The summed E-state index contributed by atoms with van der Waals surface area (Å²) in [4.78, 5) is 14.3. The number of hydrogen-bond acceptors (Lipinski definition) is 3. The van der Waals surface area contributed by atoms with Gasteiger partial charge in [-0.2, -0.15) is 0 Å². The molecule has 2 aromatic rings. The van der Waals surface area contributed by atoms with Crippen LogP contribution in [0.15, 0.2) is 53.4 Å². The van der Waals surface area contributed by atoms with Gasteiger partial charge in [0.05, 0.1) is 10.9 Å². The highest BCUT2D eigenvalue weighted by molar-refractivity contribution is 7.89. The Morgan fingerprint density at radius 3 is 2.04 bits per heavy atom. The first-order valence-corrected chi connectivity index (χ1v) is 9.75. The van der Waals surface area contributed by atoms with Crippen molar-refractivity contribution in [3.8, 4) is 0 Å². The molecule has 5 nitrogen and oxygen atoms in total. The van der Waals surface area contributed by atoms with Crippen LogP contribution < -0.4 is 4.72 Å². The molecule has 2 aromatic carbocycles. The van der Waals surface area contributed by atoms with Gasteiger partial charge < -0.3 is 4.90 Å². The summed E-state index contributed by atoms with van der Waals surface area (Å²) in [6.45, 7) is 5.32. The standard InChI is InChI=1S/C19H23FN2O3S/c1-13(2)21-26(24,25)18-11-7-16(8-12-18)19(23)22(4)14(3)15-5-9-17(20)10-6-15/h5-14,21H,1-4H3. The molecule has 0 bridgehead atoms. The summed E-state index contributed by atoms with van der Waals surface area (Å²) in [5.74, 6) is -0.579. The molecule has 0 saturated carbocycles. The third-order valence-corrected chi connectivity index (χ3v) is 5.73. The Balaban J connectivity index is 2.17. The average Bonchev–Trinajstić information content (AvgIpc) is 2.59. The second-order valence-corrected chi connectivity index (χ2v) is 8.16. The average molecular weight is 378 g/mol. The number of carbonyl (C=O) groups excluding carboxylic acids is 1. The first kappa shape index (κ1) is 20.1. The smallest absolute Gasteiger partial charge is 0.254 e. The van der Waals surface area contributed by atoms with Crippen molar-refractivity contribution in [3.05, 3.63) is 65.5 Å². The van der Waals surface area contributed by atoms with Gasteiger partial charge in [-0.05, 0) is 62.7 Å². The lowest BCUT2D eigenvalue weighted by molar-refractivity contribution is 0.0742. The molecule has 7 heteroatoms. The maximum Gasteiger partial charge on any atom is 0.254 e. The molecular weight excluding hydrogens is 355 g/mol. The maximum absolute atomic E-state index is 13.1. The number of carbonyl (C=O) groups is 1. The van der Waals surface area contributed by atoms with E-state index in [0.29, 0.717) is 5.56 Å². The molecule has 0 aliphatic rings. The van der Waals surface area contributed by atoms with E-state index in [1.807, 2.05) is 6.92 Å². The van der Waals surface area contributed by atoms with Gasteiger partial charge in [0.25, 0.3) is 5.91 Å². The Hall–Kier alpha value is -2.25. The molecule has 26 heavy (non-hydrogen) atoms. The number of benzene rings is 2. The van der Waals surface area contributed by atoms with Gasteiger partial charge in [0.1, 0.15) is 5.82 Å². The highest BCUT2D eigenvalue weighted by Gasteiger charge is 2.20. The van der Waals surface area contributed by atoms with Gasteiger partial charge in [0, 0.05) is 18.7 Å². The van der Waals surface area contributed by atoms with Crippen LogP contribution in [0.1, 0.15) is 42.7 Å². The summed E-state index contributed by atoms with van der Waals surface area (Å²) >= 11 is 0. The SMILES string of the molecule is CC(C)NS(=O)(=O)c1ccc(C(=O)N(C)C(C)c2ccc(F)cc2)cc1. The fourth-order valence-corrected chi connectivity index (χ4v) is 3.75. The van der Waals surface area contributed by atoms with Gasteiger partial charge in [0.2, 0.25) is 10.0 Å². The number of amides is 1. The summed E-state index contributed by atoms with van der Waals surface area (Å²) in [5, 5.41) is 0. The van der Waals surface area contributed by atoms with Crippen LogP contribution >= 0.6 is 0 Å². The predicted octanol–water partition coefficient (Wildman–Crippen LogP) is 3.35. The molecule has 1 atom stereocenters. The zero-order chi connectivity index (χ0) is 19.5. The minimum absolute atomic E-state index is 0.108. The van der Waals surface area contributed by atoms with Gasteiger partial charge in [-0.25, -0.2) is 17.5 Å². The van der Waals surface area contributed by atoms with E-state index in [9.17, 15) is 17.6 Å². The second kappa shape index (κ2) is 7.97. The quantitative estimate of drug-likeness (QED) is 0.838. The van der Waals surface area contributed by atoms with Crippen LogP contribution in [0.25, 0.3) is 0 Å². The minimum atomic E-state index is -3.60. The van der Waals surface area contributed by atoms with E-state index >= 15 is 0 Å². The van der Waals surface area contributed by atoms with Gasteiger partial charge in [-0.3, -0.25) is 4.79 Å². The number of rotatable bonds is 6. The van der Waals surface area contributed by atoms with Crippen molar-refractivity contribution in [3.63, 3.8) is 0 Å². The van der Waals surface area contributed by atoms with Gasteiger partial charge in [-0.15, -0.1) is 0 Å². The van der Waals surface area contributed by atoms with Gasteiger partial charge in [0.15, 0.2) is 0 Å². The number of sulfonamides is 1. The van der Waals surface area contributed by atoms with Crippen LogP contribution in [0.2, 0.25) is 0 Å². The van der Waals surface area contributed by atoms with Crippen LogP contribution in [0, 0.1) is 5.82 Å². The van der Waals surface area contributed by atoms with E-state index in [0.717, 1.165) is 5.56 Å². The van der Waals surface area contributed by atoms with Crippen LogP contribution in [-0.4, -0.2) is 32.3 Å². The molecule has 1 N–H and O–H groups in total. The van der Waals surface area contributed by atoms with E-state index in [1.54, 1.807) is 33.0 Å². The fourth-order valence-electron chi connectivity index (χ4n) is 2.50. The molecule has 140 valence electrons. The van der Waals surface area contributed by atoms with E-state index in [-0.39, 0.29) is 28.7 Å². The van der Waals surface area contributed by atoms with Crippen LogP contribution in [0.5, 0.6) is 0 Å². The zero-order valence-corrected chi connectivity index (χ0v) is 16.0. The van der Waals surface area contributed by atoms with E-state index in [1.165, 1.54) is 41.3 Å². The van der Waals surface area contributed by atoms with Crippen LogP contribution in [0.4, 0.5) is 4.39 Å². The van der Waals surface area contributed by atoms with Crippen molar-refractivity contribution in [2.24, 2.45) is 0 Å². The Kier molecular flexibility index (Phi) is 6.15. The van der Waals surface area contributed by atoms with E-state index < -0.39 is 10.0 Å². The summed E-state index contributed by atoms with van der Waals surface area (Å²) in [6.07, 6.45) is 0. The summed E-state index contributed by atoms with van der Waals surface area (Å²) in [6, 6.07) is 11.3. The molecule has 0 spiro atoms. The lowest BCUT2D eigenvalue weighted by atomic mass is 10.1. The fraction of sp³-hybridized carbons (Fsp3) is 0.316. The Morgan fingerprint density at radius 2 is 1.54 bits per heavy atom. The monoisotopic (exact) mass is 378 g/mol. The molecule has 0 aliphatic heterocycles. The highest BCUT2D eigenvalue weighted by atomic mass is 32.2. The molecular formula is C19H23FN2O3S. The van der Waals surface area contributed by atoms with Crippen LogP contribution in [0.3, 0.4) is 0 Å². The minimum Gasteiger partial charge on any atom is -0.335 e. The Bertz CT molecular complexity index is 863. The lowest BCUT2D eigenvalue weighted by Crippen LogP contribution is -2.31. The molecule has 0 heterocycles. The zero-order valence-electron chi connectivity index (χ0n) is 15.2. The highest BCUT2D eigenvalue weighted by Crippen LogP contribution is 2.21. The number of nitrogens with zero attached hydrogens (tertiary/aromatic N) is 1.